The Bertz CT molecular complexity index is 633. The Labute approximate surface area is 125 Å². The van der Waals surface area contributed by atoms with Gasteiger partial charge in [0.05, 0.1) is 29.8 Å². The average Bonchev–Trinajstić information content (AvgIpc) is 2.71. The van der Waals surface area contributed by atoms with Gasteiger partial charge in [-0.1, -0.05) is 5.92 Å². The van der Waals surface area contributed by atoms with Crippen LogP contribution in [0.4, 0.5) is 0 Å². The largest absolute Gasteiger partial charge is 0.326 e. The van der Waals surface area contributed by atoms with Crippen molar-refractivity contribution in [3.05, 3.63) is 0 Å². The summed E-state index contributed by atoms with van der Waals surface area (Å²) < 4.78 is 45.2. The molecule has 7 nitrogen and oxygen atoms in total. The van der Waals surface area contributed by atoms with Gasteiger partial charge in [-0.3, -0.25) is 4.79 Å². The minimum Gasteiger partial charge on any atom is -0.326 e. The Kier molecular flexibility index (Phi) is 5.78. The van der Waals surface area contributed by atoms with Gasteiger partial charge in [0, 0.05) is 12.3 Å². The van der Waals surface area contributed by atoms with Crippen LogP contribution in [0.1, 0.15) is 12.8 Å². The van der Waals surface area contributed by atoms with Gasteiger partial charge < -0.3 is 10.6 Å². The second kappa shape index (κ2) is 6.77. The zero-order chi connectivity index (χ0) is 16.3. The molecular formula is C12H20N2O5S2. The minimum absolute atomic E-state index is 0.0157. The van der Waals surface area contributed by atoms with Crippen LogP contribution in [0.2, 0.25) is 0 Å². The molecule has 1 amide bonds. The maximum Gasteiger partial charge on any atom is 0.240 e. The lowest BCUT2D eigenvalue weighted by Gasteiger charge is -2.28. The van der Waals surface area contributed by atoms with Crippen molar-refractivity contribution in [1.82, 2.24) is 4.90 Å². The van der Waals surface area contributed by atoms with Crippen molar-refractivity contribution in [2.75, 3.05) is 30.1 Å². The molecule has 1 heterocycles. The second-order valence-corrected chi connectivity index (χ2v) is 9.74. The maximum absolute atomic E-state index is 12.3. The van der Waals surface area contributed by atoms with Gasteiger partial charge in [-0.15, -0.1) is 6.42 Å². The van der Waals surface area contributed by atoms with Crippen LogP contribution >= 0.6 is 0 Å². The van der Waals surface area contributed by atoms with Crippen LogP contribution in [0.5, 0.6) is 0 Å². The first-order chi connectivity index (χ1) is 9.56. The van der Waals surface area contributed by atoms with Crippen molar-refractivity contribution in [2.45, 2.75) is 24.9 Å². The highest BCUT2D eigenvalue weighted by Gasteiger charge is 2.35. The fraction of sp³-hybridized carbons (Fsp3) is 0.750. The molecule has 0 bridgehead atoms. The first kappa shape index (κ1) is 17.9. The highest BCUT2D eigenvalue weighted by Crippen LogP contribution is 2.18. The van der Waals surface area contributed by atoms with E-state index in [-0.39, 0.29) is 30.2 Å². The normalized spacial score (nSPS) is 22.4. The molecule has 0 aromatic rings. The fourth-order valence-electron chi connectivity index (χ4n) is 2.18. The van der Waals surface area contributed by atoms with Gasteiger partial charge in [0.1, 0.15) is 9.84 Å². The quantitative estimate of drug-likeness (QED) is 0.584. The molecule has 1 aliphatic rings. The number of sulfone groups is 2. The number of carbonyl (C=O) groups is 1. The van der Waals surface area contributed by atoms with Gasteiger partial charge in [0.2, 0.25) is 5.91 Å². The van der Waals surface area contributed by atoms with E-state index in [2.05, 4.69) is 5.92 Å². The van der Waals surface area contributed by atoms with Gasteiger partial charge in [0.15, 0.2) is 9.84 Å². The van der Waals surface area contributed by atoms with Crippen LogP contribution in [-0.2, 0) is 24.5 Å². The Balaban J connectivity index is 2.76. The third-order valence-electron chi connectivity index (χ3n) is 3.31. The van der Waals surface area contributed by atoms with E-state index in [1.165, 1.54) is 4.90 Å². The van der Waals surface area contributed by atoms with Crippen molar-refractivity contribution < 1.29 is 21.6 Å². The summed E-state index contributed by atoms with van der Waals surface area (Å²) in [5.74, 6) is 1.51. The fourth-order valence-corrected chi connectivity index (χ4v) is 4.60. The second-order valence-electron chi connectivity index (χ2n) is 5.25. The number of rotatable bonds is 6. The monoisotopic (exact) mass is 336 g/mol. The van der Waals surface area contributed by atoms with Crippen LogP contribution in [0, 0.1) is 12.3 Å². The smallest absolute Gasteiger partial charge is 0.240 e. The van der Waals surface area contributed by atoms with Gasteiger partial charge >= 0.3 is 0 Å². The number of carbonyl (C=O) groups excluding carboxylic acids is 1. The molecule has 0 saturated carbocycles. The zero-order valence-corrected chi connectivity index (χ0v) is 13.5. The topological polar surface area (TPSA) is 115 Å². The molecule has 2 N–H and O–H groups in total. The number of terminal acetylenes is 1. The molecule has 1 aliphatic heterocycles. The molecule has 0 aliphatic carbocycles. The van der Waals surface area contributed by atoms with Crippen LogP contribution < -0.4 is 5.73 Å². The van der Waals surface area contributed by atoms with Crippen LogP contribution in [0.15, 0.2) is 0 Å². The zero-order valence-electron chi connectivity index (χ0n) is 11.9. The van der Waals surface area contributed by atoms with Crippen molar-refractivity contribution in [1.29, 1.82) is 0 Å². The molecule has 0 radical (unpaired) electrons. The molecule has 120 valence electrons. The van der Waals surface area contributed by atoms with E-state index in [0.717, 1.165) is 6.26 Å². The number of hydrogen-bond donors (Lipinski definition) is 1. The molecule has 1 saturated heterocycles. The van der Waals surface area contributed by atoms with Gasteiger partial charge in [-0.25, -0.2) is 16.8 Å². The summed E-state index contributed by atoms with van der Waals surface area (Å²) in [5, 5.41) is 0. The van der Waals surface area contributed by atoms with Crippen molar-refractivity contribution in [2.24, 2.45) is 5.73 Å². The molecular weight excluding hydrogens is 316 g/mol. The number of nitrogens with zero attached hydrogens (tertiary/aromatic N) is 1. The molecule has 0 spiro atoms. The molecule has 21 heavy (non-hydrogen) atoms. The Morgan fingerprint density at radius 2 is 2.14 bits per heavy atom. The summed E-state index contributed by atoms with van der Waals surface area (Å²) >= 11 is 0. The van der Waals surface area contributed by atoms with Gasteiger partial charge in [-0.05, 0) is 12.8 Å². The van der Waals surface area contributed by atoms with Gasteiger partial charge in [-0.2, -0.15) is 0 Å². The van der Waals surface area contributed by atoms with Gasteiger partial charge in [0.25, 0.3) is 0 Å². The molecule has 1 fully saturated rings. The van der Waals surface area contributed by atoms with Crippen molar-refractivity contribution in [3.63, 3.8) is 0 Å². The van der Waals surface area contributed by atoms with E-state index >= 15 is 0 Å². The molecule has 9 heteroatoms. The predicted octanol–water partition coefficient (Wildman–Crippen LogP) is -1.60. The van der Waals surface area contributed by atoms with E-state index in [0.29, 0.717) is 6.42 Å². The highest BCUT2D eigenvalue weighted by molar-refractivity contribution is 7.91. The minimum atomic E-state index is -3.22. The first-order valence-electron chi connectivity index (χ1n) is 6.43. The Morgan fingerprint density at radius 3 is 2.57 bits per heavy atom. The number of hydrogen-bond acceptors (Lipinski definition) is 6. The summed E-state index contributed by atoms with van der Waals surface area (Å²) in [6, 6.07) is -1.49. The molecule has 2 unspecified atom stereocenters. The Hall–Kier alpha value is -1.11. The first-order valence-corrected chi connectivity index (χ1v) is 10.3. The van der Waals surface area contributed by atoms with Crippen LogP contribution in [0.25, 0.3) is 0 Å². The summed E-state index contributed by atoms with van der Waals surface area (Å²) in [6.45, 7) is -0.0361. The lowest BCUT2D eigenvalue weighted by molar-refractivity contribution is -0.133. The molecule has 1 rings (SSSR count). The van der Waals surface area contributed by atoms with E-state index in [9.17, 15) is 21.6 Å². The molecule has 0 aromatic heterocycles. The highest BCUT2D eigenvalue weighted by atomic mass is 32.2. The molecule has 0 aromatic carbocycles. The van der Waals surface area contributed by atoms with Crippen LogP contribution in [0.3, 0.4) is 0 Å². The summed E-state index contributed by atoms with van der Waals surface area (Å²) in [6.07, 6.45) is 6.59. The predicted molar refractivity (Wildman–Crippen MR) is 79.9 cm³/mol. The lowest BCUT2D eigenvalue weighted by Crippen LogP contribution is -2.49. The lowest BCUT2D eigenvalue weighted by atomic mass is 10.1. The summed E-state index contributed by atoms with van der Waals surface area (Å²) in [5.41, 5.74) is 5.72. The van der Waals surface area contributed by atoms with Crippen LogP contribution in [-0.4, -0.2) is 69.8 Å². The average molecular weight is 336 g/mol. The third kappa shape index (κ3) is 5.65. The summed E-state index contributed by atoms with van der Waals surface area (Å²) in [4.78, 5) is 13.5. The maximum atomic E-state index is 12.3. The number of amides is 1. The van der Waals surface area contributed by atoms with E-state index in [1.54, 1.807) is 0 Å². The van der Waals surface area contributed by atoms with E-state index < -0.39 is 37.7 Å². The van der Waals surface area contributed by atoms with Crippen molar-refractivity contribution in [3.8, 4) is 12.3 Å². The molecule has 2 atom stereocenters. The Morgan fingerprint density at radius 1 is 1.52 bits per heavy atom. The standard InChI is InChI=1S/C12H20N2O5S2/c1-3-6-14(10-4-8-21(18,19)9-10)12(15)11(13)5-7-20(2,16)17/h1,10-11H,4-9,13H2,2H3. The summed E-state index contributed by atoms with van der Waals surface area (Å²) in [7, 11) is -6.37. The van der Waals surface area contributed by atoms with Crippen molar-refractivity contribution >= 4 is 25.6 Å². The van der Waals surface area contributed by atoms with E-state index in [4.69, 9.17) is 12.2 Å². The SMILES string of the molecule is C#CCN(C(=O)C(N)CCS(C)(=O)=O)C1CCS(=O)(=O)C1. The number of nitrogens with two attached hydrogens (primary N) is 1. The van der Waals surface area contributed by atoms with E-state index in [1.807, 2.05) is 0 Å². The third-order valence-corrected chi connectivity index (χ3v) is 6.04.